The summed E-state index contributed by atoms with van der Waals surface area (Å²) in [6.07, 6.45) is 2.86. The van der Waals surface area contributed by atoms with E-state index in [1.807, 2.05) is 13.0 Å². The summed E-state index contributed by atoms with van der Waals surface area (Å²) in [7, 11) is 0. The number of nitrogens with zero attached hydrogens (tertiary/aromatic N) is 3. The number of anilines is 1. The van der Waals surface area contributed by atoms with Crippen LogP contribution in [0.25, 0.3) is 0 Å². The van der Waals surface area contributed by atoms with Crippen LogP contribution < -0.4 is 10.7 Å². The molecular weight excluding hydrogens is 475 g/mol. The van der Waals surface area contributed by atoms with Crippen molar-refractivity contribution in [3.8, 4) is 0 Å². The number of thiophene rings is 1. The van der Waals surface area contributed by atoms with E-state index in [2.05, 4.69) is 31.0 Å². The Bertz CT molecular complexity index is 1340. The Balaban J connectivity index is 1.42. The van der Waals surface area contributed by atoms with E-state index in [0.29, 0.717) is 32.6 Å². The number of rotatable bonds is 8. The molecule has 4 rings (SSSR count). The van der Waals surface area contributed by atoms with Crippen molar-refractivity contribution in [2.45, 2.75) is 17.8 Å². The Kier molecular flexibility index (Phi) is 7.45. The molecule has 0 saturated heterocycles. The van der Waals surface area contributed by atoms with Crippen LogP contribution in [0, 0.1) is 12.7 Å². The molecule has 172 valence electrons. The number of nitrogens with one attached hydrogen (secondary N) is 3. The molecule has 11 heteroatoms. The molecule has 2 aromatic heterocycles. The Hall–Kier alpha value is -3.83. The molecule has 0 fully saturated rings. The van der Waals surface area contributed by atoms with Crippen molar-refractivity contribution < 1.29 is 14.0 Å². The van der Waals surface area contributed by atoms with E-state index in [1.165, 1.54) is 47.8 Å². The third-order valence-corrected chi connectivity index (χ3v) is 6.63. The smallest absolute Gasteiger partial charge is 0.283 e. The van der Waals surface area contributed by atoms with Crippen LogP contribution >= 0.6 is 23.1 Å². The van der Waals surface area contributed by atoms with Gasteiger partial charge in [0, 0.05) is 11.3 Å². The average molecular weight is 495 g/mol. The maximum Gasteiger partial charge on any atom is 0.283 e. The lowest BCUT2D eigenvalue weighted by Gasteiger charge is -2.09. The van der Waals surface area contributed by atoms with E-state index in [-0.39, 0.29) is 5.91 Å². The lowest BCUT2D eigenvalue weighted by atomic mass is 10.1. The van der Waals surface area contributed by atoms with Crippen LogP contribution in [0.5, 0.6) is 0 Å². The van der Waals surface area contributed by atoms with Crippen LogP contribution in [0.3, 0.4) is 0 Å². The molecule has 0 bridgehead atoms. The number of amides is 2. The molecule has 8 nitrogen and oxygen atoms in total. The van der Waals surface area contributed by atoms with Gasteiger partial charge in [0.2, 0.25) is 5.16 Å². The minimum absolute atomic E-state index is 0.318. The molecule has 2 heterocycles. The topological polar surface area (TPSA) is 112 Å². The van der Waals surface area contributed by atoms with Crippen LogP contribution in [0.2, 0.25) is 0 Å². The molecule has 4 aromatic rings. The molecule has 2 amide bonds. The fourth-order valence-electron chi connectivity index (χ4n) is 2.97. The van der Waals surface area contributed by atoms with Gasteiger partial charge in [-0.05, 0) is 53.3 Å². The summed E-state index contributed by atoms with van der Waals surface area (Å²) in [5.41, 5.74) is 5.52. The van der Waals surface area contributed by atoms with Gasteiger partial charge in [0.15, 0.2) is 0 Å². The number of benzene rings is 2. The first-order valence-electron chi connectivity index (χ1n) is 10.1. The number of halogens is 1. The fraction of sp³-hybridized carbons (Fsp3) is 0.0870. The minimum atomic E-state index is -0.474. The van der Waals surface area contributed by atoms with E-state index < -0.39 is 11.7 Å². The van der Waals surface area contributed by atoms with Crippen LogP contribution in [0.4, 0.5) is 10.1 Å². The van der Waals surface area contributed by atoms with Crippen LogP contribution in [-0.2, 0) is 5.75 Å². The van der Waals surface area contributed by atoms with E-state index in [9.17, 15) is 14.0 Å². The number of H-pyrrole nitrogens is 1. The van der Waals surface area contributed by atoms with Gasteiger partial charge in [-0.25, -0.2) is 14.8 Å². The SMILES string of the molecule is Cc1csc(C(=O)NN=Cc2cccc(F)c2)c1NC(=O)c1cccc(CSc2nc[nH]n2)c1. The highest BCUT2D eigenvalue weighted by atomic mass is 32.2. The molecule has 0 atom stereocenters. The first-order valence-corrected chi connectivity index (χ1v) is 11.9. The van der Waals surface area contributed by atoms with Crippen molar-refractivity contribution in [2.24, 2.45) is 5.10 Å². The molecule has 2 aromatic carbocycles. The number of hydrazone groups is 1. The molecule has 0 aliphatic carbocycles. The van der Waals surface area contributed by atoms with Crippen molar-refractivity contribution in [3.63, 3.8) is 0 Å². The summed E-state index contributed by atoms with van der Waals surface area (Å²) in [6.45, 7) is 1.81. The summed E-state index contributed by atoms with van der Waals surface area (Å²) in [6, 6.07) is 13.1. The van der Waals surface area contributed by atoms with E-state index in [0.717, 1.165) is 11.1 Å². The van der Waals surface area contributed by atoms with E-state index >= 15 is 0 Å². The summed E-state index contributed by atoms with van der Waals surface area (Å²) in [5, 5.41) is 15.8. The zero-order valence-electron chi connectivity index (χ0n) is 17.9. The number of carbonyl (C=O) groups is 2. The van der Waals surface area contributed by atoms with Crippen LogP contribution in [0.15, 0.2) is 70.5 Å². The number of aryl methyl sites for hydroxylation is 1. The van der Waals surface area contributed by atoms with Gasteiger partial charge in [-0.1, -0.05) is 36.0 Å². The largest absolute Gasteiger partial charge is 0.320 e. The summed E-state index contributed by atoms with van der Waals surface area (Å²) in [5.74, 6) is -0.594. The van der Waals surface area contributed by atoms with Gasteiger partial charge in [-0.2, -0.15) is 5.10 Å². The summed E-state index contributed by atoms with van der Waals surface area (Å²) in [4.78, 5) is 30.0. The lowest BCUT2D eigenvalue weighted by molar-refractivity contribution is 0.0960. The number of carbonyl (C=O) groups excluding carboxylic acids is 2. The average Bonchev–Trinajstić information content (AvgIpc) is 3.48. The number of thioether (sulfide) groups is 1. The molecule has 0 aliphatic heterocycles. The van der Waals surface area contributed by atoms with Gasteiger partial charge in [-0.15, -0.1) is 16.4 Å². The molecular formula is C23H19FN6O2S2. The van der Waals surface area contributed by atoms with Crippen molar-refractivity contribution >= 4 is 46.8 Å². The second-order valence-corrected chi connectivity index (χ2v) is 8.92. The molecule has 34 heavy (non-hydrogen) atoms. The highest BCUT2D eigenvalue weighted by Crippen LogP contribution is 2.28. The van der Waals surface area contributed by atoms with Crippen molar-refractivity contribution in [1.82, 2.24) is 20.6 Å². The third kappa shape index (κ3) is 5.94. The quantitative estimate of drug-likeness (QED) is 0.188. The van der Waals surface area contributed by atoms with Gasteiger partial charge in [-0.3, -0.25) is 14.7 Å². The highest BCUT2D eigenvalue weighted by molar-refractivity contribution is 7.98. The second-order valence-electron chi connectivity index (χ2n) is 7.10. The van der Waals surface area contributed by atoms with Crippen LogP contribution in [-0.4, -0.2) is 33.2 Å². The molecule has 0 spiro atoms. The standard InChI is InChI=1S/C23H19FN6O2S2/c1-14-11-33-20(22(32)29-26-10-15-4-3-7-18(24)9-15)19(14)28-21(31)17-6-2-5-16(8-17)12-34-23-25-13-27-30-23/h2-11,13H,12H2,1H3,(H,28,31)(H,29,32)(H,25,27,30). The fourth-order valence-corrected chi connectivity index (χ4v) is 4.59. The van der Waals surface area contributed by atoms with Crippen molar-refractivity contribution in [3.05, 3.63) is 93.2 Å². The number of hydrogen-bond donors (Lipinski definition) is 3. The molecule has 0 saturated carbocycles. The predicted octanol–water partition coefficient (Wildman–Crippen LogP) is 4.62. The zero-order chi connectivity index (χ0) is 23.9. The molecule has 0 unspecified atom stereocenters. The zero-order valence-corrected chi connectivity index (χ0v) is 19.5. The van der Waals surface area contributed by atoms with E-state index in [1.54, 1.807) is 35.7 Å². The lowest BCUT2D eigenvalue weighted by Crippen LogP contribution is -2.20. The first kappa shape index (κ1) is 23.3. The molecule has 0 radical (unpaired) electrons. The second kappa shape index (κ2) is 10.9. The third-order valence-electron chi connectivity index (χ3n) is 4.60. The number of aromatic amines is 1. The predicted molar refractivity (Wildman–Crippen MR) is 131 cm³/mol. The monoisotopic (exact) mass is 494 g/mol. The Morgan fingerprint density at radius 2 is 2.06 bits per heavy atom. The van der Waals surface area contributed by atoms with Gasteiger partial charge in [0.05, 0.1) is 11.9 Å². The molecule has 3 N–H and O–H groups in total. The van der Waals surface area contributed by atoms with Crippen molar-refractivity contribution in [1.29, 1.82) is 0 Å². The summed E-state index contributed by atoms with van der Waals surface area (Å²) < 4.78 is 13.3. The maximum absolute atomic E-state index is 13.3. The van der Waals surface area contributed by atoms with Crippen molar-refractivity contribution in [2.75, 3.05) is 5.32 Å². The van der Waals surface area contributed by atoms with Gasteiger partial charge < -0.3 is 5.32 Å². The first-order chi connectivity index (χ1) is 16.5. The Morgan fingerprint density at radius 1 is 1.21 bits per heavy atom. The number of aromatic nitrogens is 3. The normalized spacial score (nSPS) is 11.0. The highest BCUT2D eigenvalue weighted by Gasteiger charge is 2.19. The Labute approximate surface area is 202 Å². The molecule has 0 aliphatic rings. The summed E-state index contributed by atoms with van der Waals surface area (Å²) >= 11 is 2.65. The minimum Gasteiger partial charge on any atom is -0.320 e. The maximum atomic E-state index is 13.3. The van der Waals surface area contributed by atoms with E-state index in [4.69, 9.17) is 0 Å². The number of hydrogen-bond acceptors (Lipinski definition) is 7. The Morgan fingerprint density at radius 3 is 2.85 bits per heavy atom. The van der Waals surface area contributed by atoms with Gasteiger partial charge in [0.1, 0.15) is 17.0 Å². The van der Waals surface area contributed by atoms with Crippen LogP contribution in [0.1, 0.15) is 36.7 Å². The van der Waals surface area contributed by atoms with Gasteiger partial charge >= 0.3 is 0 Å². The van der Waals surface area contributed by atoms with Gasteiger partial charge in [0.25, 0.3) is 11.8 Å².